The van der Waals surface area contributed by atoms with Gasteiger partial charge in [-0.05, 0) is 38.8 Å². The van der Waals surface area contributed by atoms with E-state index in [0.29, 0.717) is 0 Å². The zero-order valence-corrected chi connectivity index (χ0v) is 14.8. The molecule has 2 N–H and O–H groups in total. The van der Waals surface area contributed by atoms with Crippen LogP contribution in [0.3, 0.4) is 0 Å². The summed E-state index contributed by atoms with van der Waals surface area (Å²) in [7, 11) is 0. The van der Waals surface area contributed by atoms with Crippen molar-refractivity contribution in [2.45, 2.75) is 39.9 Å². The van der Waals surface area contributed by atoms with Crippen molar-refractivity contribution >= 4 is 0 Å². The molecule has 0 saturated heterocycles. The predicted molar refractivity (Wildman–Crippen MR) is 98.1 cm³/mol. The van der Waals surface area contributed by atoms with Gasteiger partial charge in [0.25, 0.3) is 0 Å². The van der Waals surface area contributed by atoms with Crippen molar-refractivity contribution < 1.29 is 10.2 Å². The van der Waals surface area contributed by atoms with E-state index in [1.54, 1.807) is 0 Å². The Bertz CT molecular complexity index is 644. The number of aliphatic hydroxyl groups excluding tert-OH is 2. The fourth-order valence-corrected chi connectivity index (χ4v) is 2.56. The number of rotatable bonds is 4. The molecule has 0 saturated carbocycles. The zero-order chi connectivity index (χ0) is 17.8. The van der Waals surface area contributed by atoms with E-state index in [2.05, 4.69) is 11.8 Å². The molecule has 2 heteroatoms. The lowest BCUT2D eigenvalue weighted by molar-refractivity contribution is 0.0813. The maximum absolute atomic E-state index is 10.6. The van der Waals surface area contributed by atoms with Crippen molar-refractivity contribution in [3.05, 3.63) is 71.8 Å². The molecule has 0 bridgehead atoms. The smallest absolute Gasteiger partial charge is 0.0950 e. The van der Waals surface area contributed by atoms with Gasteiger partial charge in [0, 0.05) is 0 Å². The monoisotopic (exact) mass is 322 g/mol. The van der Waals surface area contributed by atoms with Gasteiger partial charge >= 0.3 is 0 Å². The van der Waals surface area contributed by atoms with Gasteiger partial charge in [0.2, 0.25) is 0 Å². The third-order valence-electron chi connectivity index (χ3n) is 4.30. The van der Waals surface area contributed by atoms with Gasteiger partial charge in [0.15, 0.2) is 0 Å². The Balaban J connectivity index is 2.22. The first-order chi connectivity index (χ1) is 11.2. The van der Waals surface area contributed by atoms with Gasteiger partial charge in [-0.3, -0.25) is 0 Å². The molecule has 24 heavy (non-hydrogen) atoms. The first kappa shape index (κ1) is 18.3. The number of hydrogen-bond donors (Lipinski definition) is 2. The summed E-state index contributed by atoms with van der Waals surface area (Å²) in [4.78, 5) is 0. The van der Waals surface area contributed by atoms with Crippen molar-refractivity contribution in [3.8, 4) is 11.8 Å². The van der Waals surface area contributed by atoms with E-state index in [0.717, 1.165) is 11.1 Å². The van der Waals surface area contributed by atoms with Crippen LogP contribution >= 0.6 is 0 Å². The Labute approximate surface area is 145 Å². The van der Waals surface area contributed by atoms with Crippen molar-refractivity contribution in [3.63, 3.8) is 0 Å². The first-order valence-corrected chi connectivity index (χ1v) is 8.24. The van der Waals surface area contributed by atoms with Gasteiger partial charge in [-0.1, -0.05) is 72.5 Å². The van der Waals surface area contributed by atoms with Crippen molar-refractivity contribution in [2.24, 2.45) is 10.8 Å². The largest absolute Gasteiger partial charge is 0.387 e. The molecule has 126 valence electrons. The Morgan fingerprint density at radius 3 is 1.21 bits per heavy atom. The number of aliphatic hydroxyl groups is 2. The minimum atomic E-state index is -0.684. The van der Waals surface area contributed by atoms with Crippen LogP contribution in [0.25, 0.3) is 0 Å². The highest BCUT2D eigenvalue weighted by Gasteiger charge is 2.30. The first-order valence-electron chi connectivity index (χ1n) is 8.24. The summed E-state index contributed by atoms with van der Waals surface area (Å²) in [5.41, 5.74) is 0.459. The average Bonchev–Trinajstić information content (AvgIpc) is 2.60. The van der Waals surface area contributed by atoms with E-state index < -0.39 is 23.0 Å². The van der Waals surface area contributed by atoms with E-state index in [1.165, 1.54) is 0 Å². The van der Waals surface area contributed by atoms with Crippen molar-refractivity contribution in [2.75, 3.05) is 0 Å². The van der Waals surface area contributed by atoms with Crippen molar-refractivity contribution in [1.82, 2.24) is 0 Å². The second-order valence-electron chi connectivity index (χ2n) is 7.32. The second kappa shape index (κ2) is 7.21. The SMILES string of the molecule is CC(C)(C#CC(C)(C)C(O)c1ccccc1)C(O)c1ccccc1. The highest BCUT2D eigenvalue weighted by Crippen LogP contribution is 2.36. The Kier molecular flexibility index (Phi) is 5.49. The van der Waals surface area contributed by atoms with Gasteiger partial charge in [0.05, 0.1) is 23.0 Å². The molecule has 2 unspecified atom stereocenters. The van der Waals surface area contributed by atoms with Crippen LogP contribution in [0.5, 0.6) is 0 Å². The van der Waals surface area contributed by atoms with Crippen molar-refractivity contribution in [1.29, 1.82) is 0 Å². The van der Waals surface area contributed by atoms with Crippen LogP contribution in [0.4, 0.5) is 0 Å². The maximum Gasteiger partial charge on any atom is 0.0950 e. The highest BCUT2D eigenvalue weighted by molar-refractivity contribution is 5.28. The Hall–Kier alpha value is -2.08. The average molecular weight is 322 g/mol. The molecule has 0 aromatic heterocycles. The van der Waals surface area contributed by atoms with Crippen LogP contribution in [0.2, 0.25) is 0 Å². The summed E-state index contributed by atoms with van der Waals surface area (Å²) >= 11 is 0. The lowest BCUT2D eigenvalue weighted by atomic mass is 9.79. The van der Waals surface area contributed by atoms with Crippen LogP contribution in [0, 0.1) is 22.7 Å². The van der Waals surface area contributed by atoms with Crippen LogP contribution in [-0.4, -0.2) is 10.2 Å². The summed E-state index contributed by atoms with van der Waals surface area (Å²) in [5.74, 6) is 6.38. The fourth-order valence-electron chi connectivity index (χ4n) is 2.56. The lowest BCUT2D eigenvalue weighted by Crippen LogP contribution is -2.24. The topological polar surface area (TPSA) is 40.5 Å². The van der Waals surface area contributed by atoms with E-state index in [1.807, 2.05) is 88.4 Å². The summed E-state index contributed by atoms with van der Waals surface area (Å²) < 4.78 is 0. The number of hydrogen-bond acceptors (Lipinski definition) is 2. The molecular formula is C22H26O2. The molecule has 0 spiro atoms. The minimum absolute atomic E-state index is 0.616. The molecular weight excluding hydrogens is 296 g/mol. The summed E-state index contributed by atoms with van der Waals surface area (Å²) in [6.45, 7) is 7.68. The molecule has 0 aliphatic carbocycles. The van der Waals surface area contributed by atoms with E-state index in [9.17, 15) is 10.2 Å². The van der Waals surface area contributed by atoms with Crippen LogP contribution < -0.4 is 0 Å². The van der Waals surface area contributed by atoms with Gasteiger partial charge in [-0.2, -0.15) is 0 Å². The van der Waals surface area contributed by atoms with Crippen LogP contribution in [0.15, 0.2) is 60.7 Å². The van der Waals surface area contributed by atoms with E-state index in [-0.39, 0.29) is 0 Å². The minimum Gasteiger partial charge on any atom is -0.387 e. The lowest BCUT2D eigenvalue weighted by Gasteiger charge is -2.29. The molecule has 2 aromatic rings. The third kappa shape index (κ3) is 4.26. The molecule has 0 fully saturated rings. The van der Waals surface area contributed by atoms with Gasteiger partial charge in [-0.25, -0.2) is 0 Å². The normalized spacial score (nSPS) is 14.4. The summed E-state index contributed by atoms with van der Waals surface area (Å²) in [5, 5.41) is 21.3. The maximum atomic E-state index is 10.6. The molecule has 2 rings (SSSR count). The molecule has 0 heterocycles. The quantitative estimate of drug-likeness (QED) is 0.813. The summed E-state index contributed by atoms with van der Waals surface area (Å²) in [6.07, 6.45) is -1.37. The molecule has 0 aliphatic rings. The zero-order valence-electron chi connectivity index (χ0n) is 14.8. The molecule has 2 aromatic carbocycles. The van der Waals surface area contributed by atoms with E-state index in [4.69, 9.17) is 0 Å². The highest BCUT2D eigenvalue weighted by atomic mass is 16.3. The third-order valence-corrected chi connectivity index (χ3v) is 4.30. The van der Waals surface area contributed by atoms with Gasteiger partial charge in [-0.15, -0.1) is 0 Å². The standard InChI is InChI=1S/C22H26O2/c1-21(2,19(23)17-11-7-5-8-12-17)15-16-22(3,4)20(24)18-13-9-6-10-14-18/h5-14,19-20,23-24H,1-4H3. The molecule has 2 nitrogen and oxygen atoms in total. The van der Waals surface area contributed by atoms with Gasteiger partial charge < -0.3 is 10.2 Å². The molecule has 2 atom stereocenters. The van der Waals surface area contributed by atoms with E-state index >= 15 is 0 Å². The van der Waals surface area contributed by atoms with Crippen LogP contribution in [-0.2, 0) is 0 Å². The second-order valence-corrected chi connectivity index (χ2v) is 7.32. The molecule has 0 radical (unpaired) electrons. The summed E-state index contributed by atoms with van der Waals surface area (Å²) in [6, 6.07) is 19.1. The fraction of sp³-hybridized carbons (Fsp3) is 0.364. The predicted octanol–water partition coefficient (Wildman–Crippen LogP) is 4.51. The Morgan fingerprint density at radius 1 is 0.625 bits per heavy atom. The molecule has 0 aliphatic heterocycles. The van der Waals surface area contributed by atoms with Crippen LogP contribution in [0.1, 0.15) is 51.0 Å². The van der Waals surface area contributed by atoms with Gasteiger partial charge in [0.1, 0.15) is 0 Å². The molecule has 0 amide bonds. The number of benzene rings is 2. The Morgan fingerprint density at radius 2 is 0.917 bits per heavy atom.